The zero-order valence-electron chi connectivity index (χ0n) is 11.8. The number of rotatable bonds is 5. The van der Waals surface area contributed by atoms with E-state index < -0.39 is 5.97 Å². The lowest BCUT2D eigenvalue weighted by Crippen LogP contribution is -2.12. The molecule has 0 amide bonds. The van der Waals surface area contributed by atoms with Crippen molar-refractivity contribution in [3.05, 3.63) is 40.3 Å². The van der Waals surface area contributed by atoms with Crippen LogP contribution in [-0.4, -0.2) is 30.9 Å². The smallest absolute Gasteiger partial charge is 0.345 e. The lowest BCUT2D eigenvalue weighted by molar-refractivity contribution is 0.0702. The van der Waals surface area contributed by atoms with Gasteiger partial charge in [-0.25, -0.2) is 9.18 Å². The Morgan fingerprint density at radius 1 is 1.45 bits per heavy atom. The number of halogens is 1. The summed E-state index contributed by atoms with van der Waals surface area (Å²) in [5.74, 6) is -0.467. The SMILES string of the molecule is O=C(O)c1cc(-c2cc(F)ccc2OCC2CCOC2)cs1. The van der Waals surface area contributed by atoms with Gasteiger partial charge in [-0.2, -0.15) is 0 Å². The number of hydrogen-bond acceptors (Lipinski definition) is 4. The van der Waals surface area contributed by atoms with Gasteiger partial charge < -0.3 is 14.6 Å². The highest BCUT2D eigenvalue weighted by Gasteiger charge is 2.18. The predicted octanol–water partition coefficient (Wildman–Crippen LogP) is 3.67. The van der Waals surface area contributed by atoms with Crippen LogP contribution in [0.3, 0.4) is 0 Å². The molecular formula is C16H15FO4S. The average molecular weight is 322 g/mol. The summed E-state index contributed by atoms with van der Waals surface area (Å²) in [5.41, 5.74) is 1.22. The molecule has 1 unspecified atom stereocenters. The molecule has 4 nitrogen and oxygen atoms in total. The third-order valence-corrected chi connectivity index (χ3v) is 4.48. The summed E-state index contributed by atoms with van der Waals surface area (Å²) < 4.78 is 24.7. The van der Waals surface area contributed by atoms with E-state index >= 15 is 0 Å². The van der Waals surface area contributed by atoms with Gasteiger partial charge in [0.25, 0.3) is 0 Å². The molecule has 1 aromatic carbocycles. The van der Waals surface area contributed by atoms with E-state index in [4.69, 9.17) is 14.6 Å². The standard InChI is InChI=1S/C16H15FO4S/c17-12-1-2-14(21-8-10-3-4-20-7-10)13(6-12)11-5-15(16(18)19)22-9-11/h1-2,5-6,9-10H,3-4,7-8H2,(H,18,19). The molecule has 1 N–H and O–H groups in total. The molecule has 3 rings (SSSR count). The first-order valence-electron chi connectivity index (χ1n) is 6.96. The van der Waals surface area contributed by atoms with Gasteiger partial charge in [0.2, 0.25) is 0 Å². The zero-order valence-corrected chi connectivity index (χ0v) is 12.6. The summed E-state index contributed by atoms with van der Waals surface area (Å²) in [6.45, 7) is 1.93. The Labute approximate surface area is 131 Å². The molecule has 0 saturated carbocycles. The van der Waals surface area contributed by atoms with Crippen LogP contribution >= 0.6 is 11.3 Å². The molecule has 1 aliphatic heterocycles. The Bertz CT molecular complexity index is 677. The second-order valence-electron chi connectivity index (χ2n) is 5.19. The molecule has 0 bridgehead atoms. The minimum absolute atomic E-state index is 0.217. The van der Waals surface area contributed by atoms with Crippen molar-refractivity contribution in [1.29, 1.82) is 0 Å². The molecule has 116 valence electrons. The highest BCUT2D eigenvalue weighted by atomic mass is 32.1. The number of carbonyl (C=O) groups is 1. The van der Waals surface area contributed by atoms with Gasteiger partial charge in [-0.05, 0) is 41.6 Å². The Hall–Kier alpha value is -1.92. The molecule has 22 heavy (non-hydrogen) atoms. The van der Waals surface area contributed by atoms with Crippen LogP contribution in [0.25, 0.3) is 11.1 Å². The Morgan fingerprint density at radius 2 is 2.32 bits per heavy atom. The Morgan fingerprint density at radius 3 is 3.00 bits per heavy atom. The quantitative estimate of drug-likeness (QED) is 0.912. The van der Waals surface area contributed by atoms with Crippen molar-refractivity contribution in [3.8, 4) is 16.9 Å². The van der Waals surface area contributed by atoms with Crippen LogP contribution in [0.15, 0.2) is 29.6 Å². The van der Waals surface area contributed by atoms with E-state index in [1.165, 1.54) is 18.2 Å². The number of hydrogen-bond donors (Lipinski definition) is 1. The van der Waals surface area contributed by atoms with Gasteiger partial charge in [0, 0.05) is 18.1 Å². The van der Waals surface area contributed by atoms with Crippen molar-refractivity contribution in [3.63, 3.8) is 0 Å². The lowest BCUT2D eigenvalue weighted by atomic mass is 10.1. The summed E-state index contributed by atoms with van der Waals surface area (Å²) >= 11 is 1.11. The molecule has 1 fully saturated rings. The minimum atomic E-state index is -0.988. The summed E-state index contributed by atoms with van der Waals surface area (Å²) in [6.07, 6.45) is 0.956. The van der Waals surface area contributed by atoms with E-state index in [1.54, 1.807) is 11.4 Å². The molecule has 1 atom stereocenters. The van der Waals surface area contributed by atoms with Crippen molar-refractivity contribution < 1.29 is 23.8 Å². The summed E-state index contributed by atoms with van der Waals surface area (Å²) in [7, 11) is 0. The summed E-state index contributed by atoms with van der Waals surface area (Å²) in [4.78, 5) is 11.2. The monoisotopic (exact) mass is 322 g/mol. The maximum absolute atomic E-state index is 13.6. The van der Waals surface area contributed by atoms with Gasteiger partial charge in [-0.15, -0.1) is 11.3 Å². The van der Waals surface area contributed by atoms with E-state index in [9.17, 15) is 9.18 Å². The maximum atomic E-state index is 13.6. The average Bonchev–Trinajstić information content (AvgIpc) is 3.17. The molecule has 0 radical (unpaired) electrons. The third-order valence-electron chi connectivity index (χ3n) is 3.56. The normalized spacial score (nSPS) is 17.6. The highest BCUT2D eigenvalue weighted by Crippen LogP contribution is 2.34. The molecule has 6 heteroatoms. The number of carboxylic acid groups (broad SMARTS) is 1. The molecule has 0 aliphatic carbocycles. The molecule has 0 spiro atoms. The van der Waals surface area contributed by atoms with Crippen LogP contribution in [0.2, 0.25) is 0 Å². The van der Waals surface area contributed by atoms with Crippen LogP contribution in [0.1, 0.15) is 16.1 Å². The van der Waals surface area contributed by atoms with Crippen molar-refractivity contribution >= 4 is 17.3 Å². The van der Waals surface area contributed by atoms with E-state index in [1.807, 2.05) is 0 Å². The lowest BCUT2D eigenvalue weighted by Gasteiger charge is -2.13. The second kappa shape index (κ2) is 6.46. The van der Waals surface area contributed by atoms with Crippen LogP contribution in [0, 0.1) is 11.7 Å². The predicted molar refractivity (Wildman–Crippen MR) is 81.1 cm³/mol. The third kappa shape index (κ3) is 3.28. The summed E-state index contributed by atoms with van der Waals surface area (Å²) in [5, 5.41) is 10.7. The largest absolute Gasteiger partial charge is 0.493 e. The molecule has 2 heterocycles. The van der Waals surface area contributed by atoms with Gasteiger partial charge in [0.05, 0.1) is 13.2 Å². The minimum Gasteiger partial charge on any atom is -0.493 e. The van der Waals surface area contributed by atoms with E-state index in [0.29, 0.717) is 36.0 Å². The first-order chi connectivity index (χ1) is 10.6. The molecular weight excluding hydrogens is 307 g/mol. The van der Waals surface area contributed by atoms with Gasteiger partial charge in [-0.1, -0.05) is 0 Å². The molecule has 1 aromatic heterocycles. The molecule has 1 saturated heterocycles. The van der Waals surface area contributed by atoms with E-state index in [0.717, 1.165) is 24.4 Å². The number of ether oxygens (including phenoxy) is 2. The first kappa shape index (κ1) is 15.0. The van der Waals surface area contributed by atoms with Gasteiger partial charge >= 0.3 is 5.97 Å². The topological polar surface area (TPSA) is 55.8 Å². The fraction of sp³-hybridized carbons (Fsp3) is 0.312. The van der Waals surface area contributed by atoms with Crippen LogP contribution in [0.5, 0.6) is 5.75 Å². The fourth-order valence-electron chi connectivity index (χ4n) is 2.37. The number of thiophene rings is 1. The first-order valence-corrected chi connectivity index (χ1v) is 7.84. The zero-order chi connectivity index (χ0) is 15.5. The Balaban J connectivity index is 1.84. The van der Waals surface area contributed by atoms with Gasteiger partial charge in [0.15, 0.2) is 0 Å². The van der Waals surface area contributed by atoms with Crippen LogP contribution < -0.4 is 4.74 Å². The molecule has 2 aromatic rings. The Kier molecular flexibility index (Phi) is 4.40. The highest BCUT2D eigenvalue weighted by molar-refractivity contribution is 7.12. The maximum Gasteiger partial charge on any atom is 0.345 e. The summed E-state index contributed by atoms with van der Waals surface area (Å²) in [6, 6.07) is 5.83. The number of carboxylic acids is 1. The molecule has 1 aliphatic rings. The van der Waals surface area contributed by atoms with Crippen molar-refractivity contribution in [2.75, 3.05) is 19.8 Å². The van der Waals surface area contributed by atoms with Gasteiger partial charge in [-0.3, -0.25) is 0 Å². The second-order valence-corrected chi connectivity index (χ2v) is 6.10. The van der Waals surface area contributed by atoms with Crippen molar-refractivity contribution in [1.82, 2.24) is 0 Å². The van der Waals surface area contributed by atoms with Gasteiger partial charge in [0.1, 0.15) is 16.4 Å². The number of aromatic carboxylic acids is 1. The van der Waals surface area contributed by atoms with Crippen molar-refractivity contribution in [2.24, 2.45) is 5.92 Å². The van der Waals surface area contributed by atoms with Crippen molar-refractivity contribution in [2.45, 2.75) is 6.42 Å². The van der Waals surface area contributed by atoms with Crippen LogP contribution in [-0.2, 0) is 4.74 Å². The fourth-order valence-corrected chi connectivity index (χ4v) is 3.11. The number of benzene rings is 1. The van der Waals surface area contributed by atoms with E-state index in [2.05, 4.69) is 0 Å². The van der Waals surface area contributed by atoms with E-state index in [-0.39, 0.29) is 10.7 Å². The van der Waals surface area contributed by atoms with Crippen LogP contribution in [0.4, 0.5) is 4.39 Å².